The second kappa shape index (κ2) is 9.09. The van der Waals surface area contributed by atoms with E-state index in [0.717, 1.165) is 38.0 Å². The lowest BCUT2D eigenvalue weighted by Crippen LogP contribution is -2.39. The number of piperidine rings is 1. The summed E-state index contributed by atoms with van der Waals surface area (Å²) in [5, 5.41) is 0. The molecule has 3 rings (SSSR count). The number of nitrogens with zero attached hydrogens (tertiary/aromatic N) is 1. The van der Waals surface area contributed by atoms with Crippen LogP contribution in [0.4, 0.5) is 0 Å². The molecule has 0 atom stereocenters. The van der Waals surface area contributed by atoms with Crippen LogP contribution >= 0.6 is 0 Å². The molecule has 0 bridgehead atoms. The molecule has 0 aliphatic carbocycles. The summed E-state index contributed by atoms with van der Waals surface area (Å²) in [6.07, 6.45) is 4.98. The van der Waals surface area contributed by atoms with Crippen LogP contribution in [0.1, 0.15) is 63.9 Å². The van der Waals surface area contributed by atoms with E-state index in [1.807, 2.05) is 24.8 Å². The van der Waals surface area contributed by atoms with Crippen LogP contribution < -0.4 is 0 Å². The normalized spacial score (nSPS) is 14.9. The van der Waals surface area contributed by atoms with Crippen LogP contribution in [0.15, 0.2) is 30.3 Å². The zero-order valence-corrected chi connectivity index (χ0v) is 17.1. The number of rotatable bonds is 6. The van der Waals surface area contributed by atoms with Crippen LogP contribution in [-0.2, 0) is 17.6 Å². The number of benzene rings is 1. The van der Waals surface area contributed by atoms with Crippen molar-refractivity contribution in [3.8, 4) is 0 Å². The standard InChI is InChI=1S/C23H30N2O3/c1-4-19-20(23(27)28-3)16(2)21(24-19)22(26)25-14-12-18(13-15-25)11-10-17-8-6-5-7-9-17/h5-9,18,24H,4,10-15H2,1-3H3. The Labute approximate surface area is 167 Å². The molecule has 5 nitrogen and oxygen atoms in total. The number of aromatic nitrogens is 1. The number of likely N-dealkylation sites (tertiary alicyclic amines) is 1. The highest BCUT2D eigenvalue weighted by Gasteiger charge is 2.29. The summed E-state index contributed by atoms with van der Waals surface area (Å²) >= 11 is 0. The number of ether oxygens (including phenoxy) is 1. The van der Waals surface area contributed by atoms with Gasteiger partial charge in [-0.25, -0.2) is 4.79 Å². The second-order valence-electron chi connectivity index (χ2n) is 7.58. The third kappa shape index (κ3) is 4.29. The molecule has 2 aromatic rings. The van der Waals surface area contributed by atoms with Gasteiger partial charge in [0.05, 0.1) is 12.7 Å². The number of hydrogen-bond donors (Lipinski definition) is 1. The van der Waals surface area contributed by atoms with E-state index in [2.05, 4.69) is 29.2 Å². The Morgan fingerprint density at radius 1 is 1.18 bits per heavy atom. The van der Waals surface area contributed by atoms with Crippen molar-refractivity contribution in [2.45, 2.75) is 46.0 Å². The van der Waals surface area contributed by atoms with E-state index < -0.39 is 0 Å². The Balaban J connectivity index is 1.61. The highest BCUT2D eigenvalue weighted by atomic mass is 16.5. The highest BCUT2D eigenvalue weighted by Crippen LogP contribution is 2.26. The number of methoxy groups -OCH3 is 1. The maximum atomic E-state index is 13.0. The smallest absolute Gasteiger partial charge is 0.339 e. The van der Waals surface area contributed by atoms with Gasteiger partial charge in [0.2, 0.25) is 0 Å². The van der Waals surface area contributed by atoms with E-state index in [9.17, 15) is 9.59 Å². The molecule has 1 N–H and O–H groups in total. The number of aromatic amines is 1. The monoisotopic (exact) mass is 382 g/mol. The molecule has 28 heavy (non-hydrogen) atoms. The molecule has 2 heterocycles. The average Bonchev–Trinajstić information content (AvgIpc) is 3.08. The van der Waals surface area contributed by atoms with Gasteiger partial charge in [0.25, 0.3) is 5.91 Å². The first-order chi connectivity index (χ1) is 13.5. The minimum absolute atomic E-state index is 0.0103. The fourth-order valence-electron chi connectivity index (χ4n) is 4.11. The van der Waals surface area contributed by atoms with Gasteiger partial charge in [-0.2, -0.15) is 0 Å². The molecule has 5 heteroatoms. The van der Waals surface area contributed by atoms with E-state index in [1.54, 1.807) is 0 Å². The molecule has 1 aliphatic rings. The van der Waals surface area contributed by atoms with Gasteiger partial charge >= 0.3 is 5.97 Å². The number of carbonyl (C=O) groups is 2. The Morgan fingerprint density at radius 3 is 2.46 bits per heavy atom. The molecule has 1 fully saturated rings. The number of hydrogen-bond acceptors (Lipinski definition) is 3. The Kier molecular flexibility index (Phi) is 6.55. The first kappa shape index (κ1) is 20.2. The van der Waals surface area contributed by atoms with Crippen LogP contribution in [0.25, 0.3) is 0 Å². The Morgan fingerprint density at radius 2 is 1.86 bits per heavy atom. The molecular weight excluding hydrogens is 352 g/mol. The van der Waals surface area contributed by atoms with Crippen molar-refractivity contribution in [2.24, 2.45) is 5.92 Å². The molecule has 1 aromatic carbocycles. The summed E-state index contributed by atoms with van der Waals surface area (Å²) in [5.41, 5.74) is 3.88. The lowest BCUT2D eigenvalue weighted by atomic mass is 9.90. The van der Waals surface area contributed by atoms with E-state index in [4.69, 9.17) is 4.74 Å². The summed E-state index contributed by atoms with van der Waals surface area (Å²) in [6.45, 7) is 5.32. The first-order valence-electron chi connectivity index (χ1n) is 10.2. The zero-order chi connectivity index (χ0) is 20.1. The molecular formula is C23H30N2O3. The van der Waals surface area contributed by atoms with E-state index in [0.29, 0.717) is 29.2 Å². The summed E-state index contributed by atoms with van der Waals surface area (Å²) in [4.78, 5) is 30.2. The van der Waals surface area contributed by atoms with Crippen LogP contribution in [0.2, 0.25) is 0 Å². The number of carbonyl (C=O) groups excluding carboxylic acids is 2. The lowest BCUT2D eigenvalue weighted by molar-refractivity contribution is 0.0599. The van der Waals surface area contributed by atoms with Crippen molar-refractivity contribution in [2.75, 3.05) is 20.2 Å². The van der Waals surface area contributed by atoms with Gasteiger partial charge in [-0.1, -0.05) is 37.3 Å². The van der Waals surface area contributed by atoms with E-state index in [-0.39, 0.29) is 11.9 Å². The van der Waals surface area contributed by atoms with Gasteiger partial charge in [0.1, 0.15) is 5.69 Å². The molecule has 0 saturated carbocycles. The summed E-state index contributed by atoms with van der Waals surface area (Å²) in [7, 11) is 1.37. The van der Waals surface area contributed by atoms with Crippen LogP contribution in [0, 0.1) is 12.8 Å². The predicted octanol–water partition coefficient (Wildman–Crippen LogP) is 4.16. The van der Waals surface area contributed by atoms with Gasteiger partial charge in [0, 0.05) is 18.8 Å². The maximum absolute atomic E-state index is 13.0. The molecule has 150 valence electrons. The average molecular weight is 383 g/mol. The topological polar surface area (TPSA) is 62.4 Å². The molecule has 0 radical (unpaired) electrons. The van der Waals surface area contributed by atoms with Gasteiger partial charge in [-0.3, -0.25) is 4.79 Å². The van der Waals surface area contributed by atoms with Crippen molar-refractivity contribution in [1.29, 1.82) is 0 Å². The zero-order valence-electron chi connectivity index (χ0n) is 17.1. The summed E-state index contributed by atoms with van der Waals surface area (Å²) in [5.74, 6) is 0.263. The Bertz CT molecular complexity index is 818. The first-order valence-corrected chi connectivity index (χ1v) is 10.2. The van der Waals surface area contributed by atoms with Gasteiger partial charge in [-0.15, -0.1) is 0 Å². The highest BCUT2D eigenvalue weighted by molar-refractivity contribution is 6.00. The SMILES string of the molecule is CCc1[nH]c(C(=O)N2CCC(CCc3ccccc3)CC2)c(C)c1C(=O)OC. The third-order valence-electron chi connectivity index (χ3n) is 5.87. The summed E-state index contributed by atoms with van der Waals surface area (Å²) in [6, 6.07) is 10.6. The van der Waals surface area contributed by atoms with Crippen LogP contribution in [0.3, 0.4) is 0 Å². The molecule has 1 amide bonds. The molecule has 1 aromatic heterocycles. The minimum Gasteiger partial charge on any atom is -0.465 e. The number of H-pyrrole nitrogens is 1. The fraction of sp³-hybridized carbons (Fsp3) is 0.478. The number of esters is 1. The Hall–Kier alpha value is -2.56. The van der Waals surface area contributed by atoms with Crippen molar-refractivity contribution in [3.05, 3.63) is 58.4 Å². The number of aryl methyl sites for hydroxylation is 2. The molecule has 1 saturated heterocycles. The second-order valence-corrected chi connectivity index (χ2v) is 7.58. The maximum Gasteiger partial charge on any atom is 0.339 e. The quantitative estimate of drug-likeness (QED) is 0.763. The molecule has 1 aliphatic heterocycles. The third-order valence-corrected chi connectivity index (χ3v) is 5.87. The lowest BCUT2D eigenvalue weighted by Gasteiger charge is -2.32. The van der Waals surface area contributed by atoms with Crippen molar-refractivity contribution in [1.82, 2.24) is 9.88 Å². The van der Waals surface area contributed by atoms with Gasteiger partial charge in [-0.05, 0) is 56.1 Å². The van der Waals surface area contributed by atoms with Crippen molar-refractivity contribution >= 4 is 11.9 Å². The fourth-order valence-corrected chi connectivity index (χ4v) is 4.11. The van der Waals surface area contributed by atoms with Gasteiger partial charge < -0.3 is 14.6 Å². The van der Waals surface area contributed by atoms with Crippen molar-refractivity contribution < 1.29 is 14.3 Å². The largest absolute Gasteiger partial charge is 0.465 e. The van der Waals surface area contributed by atoms with Crippen molar-refractivity contribution in [3.63, 3.8) is 0 Å². The molecule has 0 unspecified atom stereocenters. The van der Waals surface area contributed by atoms with Gasteiger partial charge in [0.15, 0.2) is 0 Å². The summed E-state index contributed by atoms with van der Waals surface area (Å²) < 4.78 is 4.89. The number of amides is 1. The van der Waals surface area contributed by atoms with Crippen LogP contribution in [-0.4, -0.2) is 42.0 Å². The number of nitrogens with one attached hydrogen (secondary N) is 1. The van der Waals surface area contributed by atoms with E-state index >= 15 is 0 Å². The molecule has 0 spiro atoms. The van der Waals surface area contributed by atoms with Crippen LogP contribution in [0.5, 0.6) is 0 Å². The minimum atomic E-state index is -0.385. The van der Waals surface area contributed by atoms with E-state index in [1.165, 1.54) is 19.1 Å². The predicted molar refractivity (Wildman–Crippen MR) is 110 cm³/mol.